The van der Waals surface area contributed by atoms with Gasteiger partial charge in [-0.1, -0.05) is 36.9 Å². The fourth-order valence-corrected chi connectivity index (χ4v) is 1.25. The third-order valence-corrected chi connectivity index (χ3v) is 1.98. The summed E-state index contributed by atoms with van der Waals surface area (Å²) in [5.74, 6) is -1.73. The van der Waals surface area contributed by atoms with Crippen molar-refractivity contribution in [3.8, 4) is 0 Å². The van der Waals surface area contributed by atoms with Crippen LogP contribution < -0.4 is 0 Å². The molecule has 0 aromatic heterocycles. The Balaban J connectivity index is 3.01. The molecule has 0 heterocycles. The lowest BCUT2D eigenvalue weighted by molar-refractivity contribution is -0.146. The summed E-state index contributed by atoms with van der Waals surface area (Å²) in [5, 5.41) is 8.84. The van der Waals surface area contributed by atoms with Crippen molar-refractivity contribution in [2.45, 2.75) is 13.0 Å². The maximum atomic E-state index is 10.9. The van der Waals surface area contributed by atoms with Gasteiger partial charge in [0.15, 0.2) is 6.10 Å². The third-order valence-electron chi connectivity index (χ3n) is 1.98. The van der Waals surface area contributed by atoms with Crippen molar-refractivity contribution in [2.75, 3.05) is 0 Å². The summed E-state index contributed by atoms with van der Waals surface area (Å²) in [6, 6.07) is 8.63. The van der Waals surface area contributed by atoms with Crippen LogP contribution >= 0.6 is 0 Å². The number of carboxylic acid groups (broad SMARTS) is 1. The van der Waals surface area contributed by atoms with Gasteiger partial charge in [-0.2, -0.15) is 0 Å². The molecule has 0 aliphatic rings. The van der Waals surface area contributed by atoms with Gasteiger partial charge >= 0.3 is 11.9 Å². The molecule has 1 N–H and O–H groups in total. The van der Waals surface area contributed by atoms with Gasteiger partial charge in [-0.15, -0.1) is 0 Å². The third kappa shape index (κ3) is 2.95. The summed E-state index contributed by atoms with van der Waals surface area (Å²) in [6.45, 7) is 4.63. The van der Waals surface area contributed by atoms with Gasteiger partial charge in [0.2, 0.25) is 0 Å². The maximum Gasteiger partial charge on any atom is 0.335 e. The molecule has 4 nitrogen and oxygen atoms in total. The second-order valence-electron chi connectivity index (χ2n) is 3.23. The van der Waals surface area contributed by atoms with E-state index < -0.39 is 18.0 Å². The van der Waals surface area contributed by atoms with E-state index in [1.165, 1.54) is 6.92 Å². The van der Waals surface area contributed by atoms with Gasteiger partial charge in [0.25, 0.3) is 0 Å². The first-order valence-electron chi connectivity index (χ1n) is 4.66. The van der Waals surface area contributed by atoms with E-state index in [1.807, 2.05) is 0 Å². The number of rotatable bonds is 4. The number of aliphatic carboxylic acids is 1. The summed E-state index contributed by atoms with van der Waals surface area (Å²) >= 11 is 0. The summed E-state index contributed by atoms with van der Waals surface area (Å²) in [7, 11) is 0. The van der Waals surface area contributed by atoms with Crippen LogP contribution in [0.2, 0.25) is 0 Å². The molecule has 1 unspecified atom stereocenters. The largest absolute Gasteiger partial charge is 0.478 e. The normalized spacial score (nSPS) is 11.6. The van der Waals surface area contributed by atoms with Crippen LogP contribution in [0.3, 0.4) is 0 Å². The molecule has 0 aliphatic carbocycles. The van der Waals surface area contributed by atoms with Crippen LogP contribution in [0.4, 0.5) is 0 Å². The second-order valence-corrected chi connectivity index (χ2v) is 3.23. The van der Waals surface area contributed by atoms with Crippen LogP contribution in [0.1, 0.15) is 18.6 Å². The van der Waals surface area contributed by atoms with Crippen LogP contribution in [0.15, 0.2) is 42.5 Å². The molecular formula is C12H12O4. The lowest BCUT2D eigenvalue weighted by atomic mass is 10.0. The smallest absolute Gasteiger partial charge is 0.335 e. The molecule has 4 heteroatoms. The van der Waals surface area contributed by atoms with Crippen molar-refractivity contribution in [3.05, 3.63) is 48.0 Å². The van der Waals surface area contributed by atoms with Gasteiger partial charge in [-0.3, -0.25) is 4.79 Å². The Bertz CT molecular complexity index is 408. The minimum Gasteiger partial charge on any atom is -0.478 e. The monoisotopic (exact) mass is 220 g/mol. The number of carboxylic acids is 1. The zero-order valence-electron chi connectivity index (χ0n) is 8.84. The zero-order chi connectivity index (χ0) is 12.1. The van der Waals surface area contributed by atoms with E-state index in [1.54, 1.807) is 30.3 Å². The summed E-state index contributed by atoms with van der Waals surface area (Å²) in [5.41, 5.74) is 0.423. The van der Waals surface area contributed by atoms with Crippen molar-refractivity contribution in [1.82, 2.24) is 0 Å². The Morgan fingerprint density at radius 3 is 2.31 bits per heavy atom. The van der Waals surface area contributed by atoms with Crippen molar-refractivity contribution in [2.24, 2.45) is 0 Å². The molecular weight excluding hydrogens is 208 g/mol. The molecule has 1 aromatic rings. The van der Waals surface area contributed by atoms with E-state index in [0.717, 1.165) is 0 Å². The number of ether oxygens (including phenoxy) is 1. The maximum absolute atomic E-state index is 10.9. The fraction of sp³-hybridized carbons (Fsp3) is 0.167. The summed E-state index contributed by atoms with van der Waals surface area (Å²) in [4.78, 5) is 21.7. The van der Waals surface area contributed by atoms with Crippen LogP contribution in [0.25, 0.3) is 0 Å². The van der Waals surface area contributed by atoms with Crippen LogP contribution in [0, 0.1) is 0 Å². The van der Waals surface area contributed by atoms with E-state index in [9.17, 15) is 9.59 Å². The van der Waals surface area contributed by atoms with Crippen molar-refractivity contribution in [1.29, 1.82) is 0 Å². The molecule has 1 atom stereocenters. The number of carbonyl (C=O) groups is 2. The van der Waals surface area contributed by atoms with Crippen molar-refractivity contribution >= 4 is 11.9 Å². The first-order valence-corrected chi connectivity index (χ1v) is 4.66. The Hall–Kier alpha value is -2.10. The second kappa shape index (κ2) is 5.11. The Morgan fingerprint density at radius 1 is 1.31 bits per heavy atom. The highest BCUT2D eigenvalue weighted by Gasteiger charge is 2.22. The summed E-state index contributed by atoms with van der Waals surface area (Å²) in [6.07, 6.45) is -0.934. The Labute approximate surface area is 93.2 Å². The average molecular weight is 220 g/mol. The first-order chi connectivity index (χ1) is 7.52. The van der Waals surface area contributed by atoms with E-state index in [0.29, 0.717) is 5.56 Å². The quantitative estimate of drug-likeness (QED) is 0.622. The SMILES string of the molecule is C=C(C(=O)O)C(OC(C)=O)c1ccccc1. The highest BCUT2D eigenvalue weighted by molar-refractivity contribution is 5.87. The van der Waals surface area contributed by atoms with Gasteiger partial charge in [-0.05, 0) is 5.56 Å². The van der Waals surface area contributed by atoms with Gasteiger partial charge in [0, 0.05) is 6.92 Å². The minimum absolute atomic E-state index is 0.165. The number of hydrogen-bond donors (Lipinski definition) is 1. The number of hydrogen-bond acceptors (Lipinski definition) is 3. The fourth-order valence-electron chi connectivity index (χ4n) is 1.25. The minimum atomic E-state index is -1.19. The number of esters is 1. The molecule has 0 aliphatic heterocycles. The van der Waals surface area contributed by atoms with Gasteiger partial charge < -0.3 is 9.84 Å². The molecule has 0 bridgehead atoms. The van der Waals surface area contributed by atoms with Gasteiger partial charge in [-0.25, -0.2) is 4.79 Å². The standard InChI is InChI=1S/C12H12O4/c1-8(12(14)15)11(16-9(2)13)10-6-4-3-5-7-10/h3-7,11H,1H2,2H3,(H,14,15). The van der Waals surface area contributed by atoms with Gasteiger partial charge in [0.05, 0.1) is 5.57 Å². The predicted molar refractivity (Wildman–Crippen MR) is 57.7 cm³/mol. The molecule has 0 amide bonds. The van der Waals surface area contributed by atoms with E-state index in [-0.39, 0.29) is 5.57 Å². The highest BCUT2D eigenvalue weighted by Crippen LogP contribution is 2.24. The van der Waals surface area contributed by atoms with Crippen LogP contribution in [-0.4, -0.2) is 17.0 Å². The first kappa shape index (κ1) is 12.0. The molecule has 84 valence electrons. The molecule has 0 saturated carbocycles. The van der Waals surface area contributed by atoms with Crippen molar-refractivity contribution in [3.63, 3.8) is 0 Å². The molecule has 0 fully saturated rings. The average Bonchev–Trinajstić information content (AvgIpc) is 2.26. The van der Waals surface area contributed by atoms with Gasteiger partial charge in [0.1, 0.15) is 0 Å². The molecule has 1 rings (SSSR count). The molecule has 1 aromatic carbocycles. The highest BCUT2D eigenvalue weighted by atomic mass is 16.5. The zero-order valence-corrected chi connectivity index (χ0v) is 8.84. The van der Waals surface area contributed by atoms with E-state index in [2.05, 4.69) is 6.58 Å². The predicted octanol–water partition coefficient (Wildman–Crippen LogP) is 1.93. The topological polar surface area (TPSA) is 63.6 Å². The number of carbonyl (C=O) groups excluding carboxylic acids is 1. The van der Waals surface area contributed by atoms with E-state index in [4.69, 9.17) is 9.84 Å². The van der Waals surface area contributed by atoms with Crippen LogP contribution in [-0.2, 0) is 14.3 Å². The van der Waals surface area contributed by atoms with E-state index >= 15 is 0 Å². The lowest BCUT2D eigenvalue weighted by Crippen LogP contribution is -2.15. The Kier molecular flexibility index (Phi) is 3.83. The van der Waals surface area contributed by atoms with Crippen LogP contribution in [0.5, 0.6) is 0 Å². The summed E-state index contributed by atoms with van der Waals surface area (Å²) < 4.78 is 4.94. The number of benzene rings is 1. The molecule has 0 saturated heterocycles. The van der Waals surface area contributed by atoms with Crippen molar-refractivity contribution < 1.29 is 19.4 Å². The lowest BCUT2D eigenvalue weighted by Gasteiger charge is -2.17. The Morgan fingerprint density at radius 2 is 1.88 bits per heavy atom. The molecule has 0 radical (unpaired) electrons. The molecule has 0 spiro atoms. The molecule has 16 heavy (non-hydrogen) atoms.